The zero-order chi connectivity index (χ0) is 16.4. The van der Waals surface area contributed by atoms with Crippen molar-refractivity contribution >= 4 is 23.3 Å². The molecule has 2 aliphatic heterocycles. The minimum atomic E-state index is 1.00. The molecule has 2 aromatic rings. The Kier molecular flexibility index (Phi) is 4.30. The van der Waals surface area contributed by atoms with E-state index in [1.54, 1.807) is 0 Å². The van der Waals surface area contributed by atoms with Crippen LogP contribution < -0.4 is 0 Å². The summed E-state index contributed by atoms with van der Waals surface area (Å²) in [5.74, 6) is 1.11. The van der Waals surface area contributed by atoms with Gasteiger partial charge in [-0.1, -0.05) is 48.2 Å². The number of aliphatic imine (C=N–C) groups is 1. The van der Waals surface area contributed by atoms with Crippen LogP contribution in [0.2, 0.25) is 0 Å². The number of rotatable bonds is 1. The van der Waals surface area contributed by atoms with Gasteiger partial charge in [-0.15, -0.1) is 0 Å². The van der Waals surface area contributed by atoms with E-state index in [0.29, 0.717) is 0 Å². The molecule has 0 atom stereocenters. The molecule has 24 heavy (non-hydrogen) atoms. The fraction of sp³-hybridized carbons (Fsp3) is 0.250. The Morgan fingerprint density at radius 3 is 2.42 bits per heavy atom. The molecule has 1 saturated heterocycles. The number of para-hydroxylation sites is 1. The molecule has 0 saturated carbocycles. The number of allylic oxidation sites excluding steroid dienone is 1. The smallest absolute Gasteiger partial charge is 0.137 e. The summed E-state index contributed by atoms with van der Waals surface area (Å²) < 4.78 is 0. The van der Waals surface area contributed by atoms with E-state index >= 15 is 0 Å². The molecular formula is C20H21N3S. The molecule has 0 unspecified atom stereocenters. The predicted molar refractivity (Wildman–Crippen MR) is 101 cm³/mol. The average molecular weight is 335 g/mol. The Bertz CT molecular complexity index is 789. The van der Waals surface area contributed by atoms with Gasteiger partial charge in [-0.3, -0.25) is 0 Å². The SMILES string of the molecule is C/C=C/N1CCN(C2=Nc3ccccc3Sc3ccccc32)CC1. The highest BCUT2D eigenvalue weighted by Gasteiger charge is 2.24. The van der Waals surface area contributed by atoms with Gasteiger partial charge in [0.15, 0.2) is 0 Å². The van der Waals surface area contributed by atoms with E-state index < -0.39 is 0 Å². The van der Waals surface area contributed by atoms with Crippen LogP contribution in [0, 0.1) is 0 Å². The minimum absolute atomic E-state index is 1.00. The fourth-order valence-electron chi connectivity index (χ4n) is 3.20. The summed E-state index contributed by atoms with van der Waals surface area (Å²) in [6.07, 6.45) is 4.30. The average Bonchev–Trinajstić information content (AvgIpc) is 2.79. The first-order valence-corrected chi connectivity index (χ1v) is 9.23. The Hall–Kier alpha value is -2.20. The number of amidine groups is 1. The van der Waals surface area contributed by atoms with E-state index in [9.17, 15) is 0 Å². The summed E-state index contributed by atoms with van der Waals surface area (Å²) >= 11 is 1.82. The Morgan fingerprint density at radius 1 is 0.917 bits per heavy atom. The van der Waals surface area contributed by atoms with Gasteiger partial charge in [-0.2, -0.15) is 0 Å². The van der Waals surface area contributed by atoms with E-state index in [0.717, 1.165) is 37.7 Å². The second-order valence-corrected chi connectivity index (χ2v) is 7.09. The van der Waals surface area contributed by atoms with Gasteiger partial charge in [0.25, 0.3) is 0 Å². The van der Waals surface area contributed by atoms with Crippen molar-refractivity contribution in [2.24, 2.45) is 4.99 Å². The summed E-state index contributed by atoms with van der Waals surface area (Å²) in [5.41, 5.74) is 2.32. The third kappa shape index (κ3) is 2.94. The molecule has 0 N–H and O–H groups in total. The Balaban J connectivity index is 1.72. The van der Waals surface area contributed by atoms with Crippen LogP contribution in [0.4, 0.5) is 5.69 Å². The maximum Gasteiger partial charge on any atom is 0.137 e. The lowest BCUT2D eigenvalue weighted by Gasteiger charge is -2.36. The molecule has 2 aliphatic rings. The normalized spacial score (nSPS) is 17.3. The van der Waals surface area contributed by atoms with Gasteiger partial charge in [-0.25, -0.2) is 4.99 Å². The minimum Gasteiger partial charge on any atom is -0.374 e. The first kappa shape index (κ1) is 15.3. The predicted octanol–water partition coefficient (Wildman–Crippen LogP) is 4.38. The number of hydrogen-bond donors (Lipinski definition) is 0. The number of piperazine rings is 1. The summed E-state index contributed by atoms with van der Waals surface area (Å²) in [5, 5.41) is 0. The highest BCUT2D eigenvalue weighted by atomic mass is 32.2. The second kappa shape index (κ2) is 6.73. The molecule has 0 aromatic heterocycles. The lowest BCUT2D eigenvalue weighted by molar-refractivity contribution is 0.237. The molecule has 0 radical (unpaired) electrons. The molecule has 2 heterocycles. The Morgan fingerprint density at radius 2 is 1.62 bits per heavy atom. The molecule has 4 rings (SSSR count). The molecule has 4 heteroatoms. The van der Waals surface area contributed by atoms with Crippen molar-refractivity contribution in [1.82, 2.24) is 9.80 Å². The van der Waals surface area contributed by atoms with Crippen molar-refractivity contribution in [3.05, 3.63) is 66.4 Å². The molecule has 0 spiro atoms. The fourth-order valence-corrected chi connectivity index (χ4v) is 4.22. The number of hydrogen-bond acceptors (Lipinski definition) is 4. The van der Waals surface area contributed by atoms with Gasteiger partial charge < -0.3 is 9.80 Å². The standard InChI is InChI=1S/C20H21N3S/c1-2-11-22-12-14-23(15-13-22)20-16-7-3-5-9-18(16)24-19-10-6-4-8-17(19)21-20/h2-11H,12-15H2,1H3/b11-2+. The van der Waals surface area contributed by atoms with Crippen molar-refractivity contribution in [3.8, 4) is 0 Å². The third-order valence-corrected chi connectivity index (χ3v) is 5.55. The van der Waals surface area contributed by atoms with Gasteiger partial charge in [0, 0.05) is 41.5 Å². The van der Waals surface area contributed by atoms with Crippen LogP contribution in [-0.4, -0.2) is 41.8 Å². The van der Waals surface area contributed by atoms with Crippen LogP contribution in [0.25, 0.3) is 0 Å². The molecular weight excluding hydrogens is 314 g/mol. The maximum absolute atomic E-state index is 5.06. The first-order chi connectivity index (χ1) is 11.8. The van der Waals surface area contributed by atoms with Gasteiger partial charge in [-0.05, 0) is 31.3 Å². The molecule has 1 fully saturated rings. The van der Waals surface area contributed by atoms with Crippen molar-refractivity contribution in [1.29, 1.82) is 0 Å². The summed E-state index contributed by atoms with van der Waals surface area (Å²) in [4.78, 5) is 12.4. The topological polar surface area (TPSA) is 18.8 Å². The van der Waals surface area contributed by atoms with Gasteiger partial charge in [0.05, 0.1) is 5.69 Å². The molecule has 0 aliphatic carbocycles. The first-order valence-electron chi connectivity index (χ1n) is 8.42. The summed E-state index contributed by atoms with van der Waals surface area (Å²) in [6, 6.07) is 17.1. The summed E-state index contributed by atoms with van der Waals surface area (Å²) in [7, 11) is 0. The van der Waals surface area contributed by atoms with Crippen LogP contribution in [0.1, 0.15) is 12.5 Å². The van der Waals surface area contributed by atoms with Crippen molar-refractivity contribution in [2.75, 3.05) is 26.2 Å². The van der Waals surface area contributed by atoms with E-state index in [4.69, 9.17) is 4.99 Å². The zero-order valence-electron chi connectivity index (χ0n) is 13.9. The number of fused-ring (bicyclic) bond motifs is 2. The van der Waals surface area contributed by atoms with Crippen molar-refractivity contribution in [2.45, 2.75) is 16.7 Å². The molecule has 2 aromatic carbocycles. The molecule has 0 bridgehead atoms. The van der Waals surface area contributed by atoms with Gasteiger partial charge in [0.2, 0.25) is 0 Å². The summed E-state index contributed by atoms with van der Waals surface area (Å²) in [6.45, 7) is 6.17. The third-order valence-electron chi connectivity index (χ3n) is 4.41. The highest BCUT2D eigenvalue weighted by molar-refractivity contribution is 7.99. The second-order valence-electron chi connectivity index (χ2n) is 6.01. The monoisotopic (exact) mass is 335 g/mol. The van der Waals surface area contributed by atoms with E-state index in [1.165, 1.54) is 15.4 Å². The van der Waals surface area contributed by atoms with Crippen LogP contribution in [0.15, 0.2) is 75.6 Å². The van der Waals surface area contributed by atoms with E-state index in [-0.39, 0.29) is 0 Å². The van der Waals surface area contributed by atoms with E-state index in [1.807, 2.05) is 11.8 Å². The number of nitrogens with zero attached hydrogens (tertiary/aromatic N) is 3. The van der Waals surface area contributed by atoms with Crippen LogP contribution in [0.3, 0.4) is 0 Å². The molecule has 3 nitrogen and oxygen atoms in total. The van der Waals surface area contributed by atoms with Crippen molar-refractivity contribution < 1.29 is 0 Å². The van der Waals surface area contributed by atoms with Gasteiger partial charge in [0.1, 0.15) is 5.84 Å². The van der Waals surface area contributed by atoms with Crippen LogP contribution in [0.5, 0.6) is 0 Å². The maximum atomic E-state index is 5.06. The van der Waals surface area contributed by atoms with E-state index in [2.05, 4.69) is 77.5 Å². The van der Waals surface area contributed by atoms with Crippen LogP contribution >= 0.6 is 11.8 Å². The molecule has 122 valence electrons. The largest absolute Gasteiger partial charge is 0.374 e. The quantitative estimate of drug-likeness (QED) is 0.771. The Labute approximate surface area is 147 Å². The lowest BCUT2D eigenvalue weighted by Crippen LogP contribution is -2.47. The van der Waals surface area contributed by atoms with Gasteiger partial charge >= 0.3 is 0 Å². The lowest BCUT2D eigenvalue weighted by atomic mass is 10.1. The zero-order valence-corrected chi connectivity index (χ0v) is 14.7. The van der Waals surface area contributed by atoms with Crippen molar-refractivity contribution in [3.63, 3.8) is 0 Å². The number of benzene rings is 2. The molecule has 0 amide bonds. The highest BCUT2D eigenvalue weighted by Crippen LogP contribution is 2.40. The van der Waals surface area contributed by atoms with Crippen LogP contribution in [-0.2, 0) is 0 Å².